The summed E-state index contributed by atoms with van der Waals surface area (Å²) in [5.41, 5.74) is 0.729. The maximum Gasteiger partial charge on any atom is 0.331 e. The molecule has 5 nitrogen and oxygen atoms in total. The second-order valence-corrected chi connectivity index (χ2v) is 4.96. The van der Waals surface area contributed by atoms with Gasteiger partial charge in [0.15, 0.2) is 6.04 Å². The highest BCUT2D eigenvalue weighted by Gasteiger charge is 2.36. The topological polar surface area (TPSA) is 69.6 Å². The van der Waals surface area contributed by atoms with E-state index in [9.17, 15) is 14.7 Å². The van der Waals surface area contributed by atoms with Gasteiger partial charge in [0.1, 0.15) is 0 Å². The summed E-state index contributed by atoms with van der Waals surface area (Å²) in [5, 5.41) is 13.8. The molecule has 2 N–H and O–H groups in total. The Morgan fingerprint density at radius 1 is 1.67 bits per heavy atom. The molecule has 0 bridgehead atoms. The van der Waals surface area contributed by atoms with Gasteiger partial charge in [0, 0.05) is 18.0 Å². The first-order valence-corrected chi connectivity index (χ1v) is 6.47. The van der Waals surface area contributed by atoms with Crippen LogP contribution in [-0.2, 0) is 11.2 Å². The van der Waals surface area contributed by atoms with Crippen molar-refractivity contribution in [2.75, 3.05) is 13.1 Å². The quantitative estimate of drug-likeness (QED) is 0.817. The van der Waals surface area contributed by atoms with Crippen LogP contribution in [0.2, 0.25) is 0 Å². The molecule has 18 heavy (non-hydrogen) atoms. The van der Waals surface area contributed by atoms with Crippen LogP contribution in [0, 0.1) is 0 Å². The second-order valence-electron chi connectivity index (χ2n) is 3.96. The van der Waals surface area contributed by atoms with Gasteiger partial charge >= 0.3 is 12.0 Å². The molecule has 0 radical (unpaired) electrons. The number of carbonyl (C=O) groups excluding carboxylic acids is 1. The number of nitrogens with zero attached hydrogens (tertiary/aromatic N) is 1. The van der Waals surface area contributed by atoms with Gasteiger partial charge in [-0.15, -0.1) is 17.9 Å². The van der Waals surface area contributed by atoms with Crippen molar-refractivity contribution in [2.24, 2.45) is 0 Å². The number of amides is 2. The first-order valence-electron chi connectivity index (χ1n) is 5.59. The molecule has 96 valence electrons. The third-order valence-electron chi connectivity index (χ3n) is 2.86. The largest absolute Gasteiger partial charge is 0.479 e. The molecule has 0 spiro atoms. The van der Waals surface area contributed by atoms with Crippen LogP contribution >= 0.6 is 11.3 Å². The van der Waals surface area contributed by atoms with Gasteiger partial charge in [-0.3, -0.25) is 0 Å². The van der Waals surface area contributed by atoms with E-state index in [1.807, 2.05) is 5.38 Å². The van der Waals surface area contributed by atoms with Crippen LogP contribution in [-0.4, -0.2) is 35.1 Å². The summed E-state index contributed by atoms with van der Waals surface area (Å²) >= 11 is 1.54. The molecular weight excluding hydrogens is 252 g/mol. The molecule has 1 aromatic rings. The molecule has 0 saturated heterocycles. The highest BCUT2D eigenvalue weighted by molar-refractivity contribution is 7.10. The summed E-state index contributed by atoms with van der Waals surface area (Å²) in [6.07, 6.45) is 2.27. The second kappa shape index (κ2) is 5.22. The first-order chi connectivity index (χ1) is 8.65. The normalized spacial score (nSPS) is 18.0. The van der Waals surface area contributed by atoms with E-state index in [4.69, 9.17) is 0 Å². The predicted octanol–water partition coefficient (Wildman–Crippen LogP) is 1.63. The Labute approximate surface area is 109 Å². The molecule has 0 aromatic carbocycles. The number of aliphatic carboxylic acids is 1. The third-order valence-corrected chi connectivity index (χ3v) is 3.85. The van der Waals surface area contributed by atoms with E-state index in [1.54, 1.807) is 23.5 Å². The van der Waals surface area contributed by atoms with Crippen molar-refractivity contribution in [1.29, 1.82) is 0 Å². The van der Waals surface area contributed by atoms with Crippen molar-refractivity contribution in [3.63, 3.8) is 0 Å². The van der Waals surface area contributed by atoms with Gasteiger partial charge in [-0.2, -0.15) is 0 Å². The zero-order valence-corrected chi connectivity index (χ0v) is 10.6. The van der Waals surface area contributed by atoms with E-state index in [-0.39, 0.29) is 6.03 Å². The monoisotopic (exact) mass is 266 g/mol. The number of fused-ring (bicyclic) bond motifs is 1. The Bertz CT molecular complexity index is 483. The lowest BCUT2D eigenvalue weighted by molar-refractivity contribution is -0.142. The minimum Gasteiger partial charge on any atom is -0.479 e. The molecule has 2 heterocycles. The third kappa shape index (κ3) is 2.24. The molecule has 0 fully saturated rings. The highest BCUT2D eigenvalue weighted by Crippen LogP contribution is 2.33. The molecule has 1 aliphatic heterocycles. The zero-order chi connectivity index (χ0) is 13.1. The van der Waals surface area contributed by atoms with Gasteiger partial charge in [-0.05, 0) is 23.4 Å². The van der Waals surface area contributed by atoms with Crippen LogP contribution in [0.1, 0.15) is 16.5 Å². The number of urea groups is 1. The van der Waals surface area contributed by atoms with E-state index >= 15 is 0 Å². The summed E-state index contributed by atoms with van der Waals surface area (Å²) in [7, 11) is 0. The minimum atomic E-state index is -0.997. The van der Waals surface area contributed by atoms with E-state index in [0.29, 0.717) is 19.5 Å². The SMILES string of the molecule is C=CCNC(=O)N1CCc2sccc2C1C(=O)O. The van der Waals surface area contributed by atoms with E-state index in [2.05, 4.69) is 11.9 Å². The average Bonchev–Trinajstić information content (AvgIpc) is 2.82. The van der Waals surface area contributed by atoms with Crippen molar-refractivity contribution in [3.8, 4) is 0 Å². The number of rotatable bonds is 3. The van der Waals surface area contributed by atoms with Crippen molar-refractivity contribution in [2.45, 2.75) is 12.5 Å². The average molecular weight is 266 g/mol. The molecule has 1 unspecified atom stereocenters. The van der Waals surface area contributed by atoms with Crippen LogP contribution in [0.25, 0.3) is 0 Å². The van der Waals surface area contributed by atoms with Gasteiger partial charge in [-0.1, -0.05) is 6.08 Å². The van der Waals surface area contributed by atoms with Gasteiger partial charge in [0.2, 0.25) is 0 Å². The van der Waals surface area contributed by atoms with Gasteiger partial charge in [0.05, 0.1) is 0 Å². The zero-order valence-electron chi connectivity index (χ0n) is 9.76. The summed E-state index contributed by atoms with van der Waals surface area (Å²) in [5.74, 6) is -0.997. The lowest BCUT2D eigenvalue weighted by Crippen LogP contribution is -2.47. The summed E-state index contributed by atoms with van der Waals surface area (Å²) in [6.45, 7) is 4.27. The highest BCUT2D eigenvalue weighted by atomic mass is 32.1. The predicted molar refractivity (Wildman–Crippen MR) is 68.7 cm³/mol. The smallest absolute Gasteiger partial charge is 0.331 e. The Morgan fingerprint density at radius 3 is 3.11 bits per heavy atom. The Morgan fingerprint density at radius 2 is 2.44 bits per heavy atom. The van der Waals surface area contributed by atoms with Crippen molar-refractivity contribution < 1.29 is 14.7 Å². The summed E-state index contributed by atoms with van der Waals surface area (Å²) in [4.78, 5) is 25.7. The summed E-state index contributed by atoms with van der Waals surface area (Å²) in [6, 6.07) is 0.537. The van der Waals surface area contributed by atoms with E-state index in [0.717, 1.165) is 10.4 Å². The maximum absolute atomic E-state index is 11.9. The molecule has 2 rings (SSSR count). The molecule has 1 aromatic heterocycles. The fourth-order valence-corrected chi connectivity index (χ4v) is 2.97. The van der Waals surface area contributed by atoms with Crippen LogP contribution in [0.3, 0.4) is 0 Å². The van der Waals surface area contributed by atoms with E-state index in [1.165, 1.54) is 4.90 Å². The number of hydrogen-bond acceptors (Lipinski definition) is 3. The van der Waals surface area contributed by atoms with Crippen LogP contribution < -0.4 is 5.32 Å². The molecule has 1 atom stereocenters. The van der Waals surface area contributed by atoms with Gasteiger partial charge < -0.3 is 15.3 Å². The van der Waals surface area contributed by atoms with Crippen LogP contribution in [0.5, 0.6) is 0 Å². The molecule has 6 heteroatoms. The Balaban J connectivity index is 2.24. The molecule has 0 saturated carbocycles. The number of hydrogen-bond donors (Lipinski definition) is 2. The van der Waals surface area contributed by atoms with Crippen LogP contribution in [0.4, 0.5) is 4.79 Å². The number of thiophene rings is 1. The van der Waals surface area contributed by atoms with Gasteiger partial charge in [-0.25, -0.2) is 9.59 Å². The lowest BCUT2D eigenvalue weighted by atomic mass is 10.0. The Hall–Kier alpha value is -1.82. The molecule has 1 aliphatic rings. The first kappa shape index (κ1) is 12.6. The Kier molecular flexibility index (Phi) is 3.66. The van der Waals surface area contributed by atoms with Gasteiger partial charge in [0.25, 0.3) is 0 Å². The van der Waals surface area contributed by atoms with Crippen molar-refractivity contribution in [3.05, 3.63) is 34.5 Å². The summed E-state index contributed by atoms with van der Waals surface area (Å²) < 4.78 is 0. The fraction of sp³-hybridized carbons (Fsp3) is 0.333. The van der Waals surface area contributed by atoms with Crippen molar-refractivity contribution >= 4 is 23.3 Å². The number of carbonyl (C=O) groups is 2. The lowest BCUT2D eigenvalue weighted by Gasteiger charge is -2.33. The molecule has 2 amide bonds. The van der Waals surface area contributed by atoms with Crippen molar-refractivity contribution in [1.82, 2.24) is 10.2 Å². The van der Waals surface area contributed by atoms with Crippen LogP contribution in [0.15, 0.2) is 24.1 Å². The fourth-order valence-electron chi connectivity index (χ4n) is 2.06. The number of carboxylic acid groups (broad SMARTS) is 1. The molecule has 0 aliphatic carbocycles. The molecular formula is C12H14N2O3S. The number of carboxylic acids is 1. The maximum atomic E-state index is 11.9. The number of nitrogens with one attached hydrogen (secondary N) is 1. The van der Waals surface area contributed by atoms with E-state index < -0.39 is 12.0 Å². The minimum absolute atomic E-state index is 0.332. The standard InChI is InChI=1S/C12H14N2O3S/c1-2-5-13-12(17)14-6-3-9-8(4-7-18-9)10(14)11(15)16/h2,4,7,10H,1,3,5-6H2,(H,13,17)(H,15,16).